The number of anilines is 2. The van der Waals surface area contributed by atoms with Gasteiger partial charge in [-0.05, 0) is 18.2 Å². The predicted octanol–water partition coefficient (Wildman–Crippen LogP) is 2.62. The number of hydrogen-bond acceptors (Lipinski definition) is 7. The van der Waals surface area contributed by atoms with Crippen LogP contribution in [0.5, 0.6) is 5.75 Å². The average Bonchev–Trinajstić information content (AvgIpc) is 3.12. The van der Waals surface area contributed by atoms with Crippen LogP contribution in [0.25, 0.3) is 11.3 Å². The molecule has 0 radical (unpaired) electrons. The highest BCUT2D eigenvalue weighted by molar-refractivity contribution is 6.29. The van der Waals surface area contributed by atoms with Crippen molar-refractivity contribution in [2.24, 2.45) is 7.05 Å². The smallest absolute Gasteiger partial charge is 0.256 e. The Labute approximate surface area is 166 Å². The monoisotopic (exact) mass is 402 g/mol. The number of aromatic nitrogens is 4. The SMILES string of the molecule is COCNC(=O)c1cnc(Cl)cc1Nc1cccc(-c2cnn(C)n2)c1OC. The van der Waals surface area contributed by atoms with Gasteiger partial charge >= 0.3 is 0 Å². The summed E-state index contributed by atoms with van der Waals surface area (Å²) in [5.41, 5.74) is 2.84. The molecule has 2 aromatic heterocycles. The Morgan fingerprint density at radius 1 is 1.25 bits per heavy atom. The summed E-state index contributed by atoms with van der Waals surface area (Å²) in [6.45, 7) is 0.0758. The zero-order valence-electron chi connectivity index (χ0n) is 15.6. The van der Waals surface area contributed by atoms with Crippen LogP contribution >= 0.6 is 11.6 Å². The average molecular weight is 403 g/mol. The number of halogens is 1. The summed E-state index contributed by atoms with van der Waals surface area (Å²) in [5.74, 6) is 0.205. The van der Waals surface area contributed by atoms with Crippen molar-refractivity contribution >= 4 is 28.9 Å². The third kappa shape index (κ3) is 4.21. The van der Waals surface area contributed by atoms with E-state index < -0.39 is 0 Å². The van der Waals surface area contributed by atoms with Gasteiger partial charge in [0.05, 0.1) is 30.2 Å². The zero-order chi connectivity index (χ0) is 20.1. The Balaban J connectivity index is 2.00. The number of hydrogen-bond donors (Lipinski definition) is 2. The molecule has 0 aliphatic carbocycles. The lowest BCUT2D eigenvalue weighted by atomic mass is 10.1. The number of amides is 1. The number of carbonyl (C=O) groups is 1. The molecule has 0 fully saturated rings. The van der Waals surface area contributed by atoms with E-state index in [9.17, 15) is 4.79 Å². The number of nitrogens with one attached hydrogen (secondary N) is 2. The van der Waals surface area contributed by atoms with Crippen molar-refractivity contribution in [3.05, 3.63) is 47.4 Å². The molecule has 0 saturated heterocycles. The van der Waals surface area contributed by atoms with Crippen molar-refractivity contribution in [1.82, 2.24) is 25.3 Å². The van der Waals surface area contributed by atoms with Crippen LogP contribution in [-0.4, -0.2) is 46.8 Å². The van der Waals surface area contributed by atoms with Crippen molar-refractivity contribution in [2.75, 3.05) is 26.3 Å². The summed E-state index contributed by atoms with van der Waals surface area (Å²) in [6.07, 6.45) is 3.04. The first-order valence-electron chi connectivity index (χ1n) is 8.27. The van der Waals surface area contributed by atoms with E-state index in [0.29, 0.717) is 28.4 Å². The molecule has 10 heteroatoms. The molecule has 28 heavy (non-hydrogen) atoms. The second-order valence-electron chi connectivity index (χ2n) is 5.72. The number of nitrogens with zero attached hydrogens (tertiary/aromatic N) is 4. The van der Waals surface area contributed by atoms with Gasteiger partial charge in [-0.3, -0.25) is 4.79 Å². The van der Waals surface area contributed by atoms with E-state index in [1.807, 2.05) is 18.2 Å². The second kappa shape index (κ2) is 8.68. The van der Waals surface area contributed by atoms with Gasteiger partial charge in [-0.25, -0.2) is 4.98 Å². The first kappa shape index (κ1) is 19.6. The van der Waals surface area contributed by atoms with Crippen LogP contribution in [-0.2, 0) is 11.8 Å². The van der Waals surface area contributed by atoms with Crippen LogP contribution in [0.4, 0.5) is 11.4 Å². The fourth-order valence-electron chi connectivity index (χ4n) is 2.62. The molecule has 1 amide bonds. The van der Waals surface area contributed by atoms with E-state index in [0.717, 1.165) is 5.56 Å². The lowest BCUT2D eigenvalue weighted by Crippen LogP contribution is -2.26. The Morgan fingerprint density at radius 3 is 2.75 bits per heavy atom. The Hall–Kier alpha value is -3.17. The van der Waals surface area contributed by atoms with E-state index in [-0.39, 0.29) is 17.8 Å². The summed E-state index contributed by atoms with van der Waals surface area (Å²) >= 11 is 6.04. The van der Waals surface area contributed by atoms with E-state index in [1.165, 1.54) is 18.1 Å². The minimum Gasteiger partial charge on any atom is -0.494 e. The summed E-state index contributed by atoms with van der Waals surface area (Å²) in [6, 6.07) is 7.11. The normalized spacial score (nSPS) is 10.6. The molecule has 0 aliphatic rings. The number of rotatable bonds is 7. The molecule has 3 aromatic rings. The first-order chi connectivity index (χ1) is 13.5. The highest BCUT2D eigenvalue weighted by atomic mass is 35.5. The van der Waals surface area contributed by atoms with Gasteiger partial charge in [0.2, 0.25) is 0 Å². The van der Waals surface area contributed by atoms with E-state index in [4.69, 9.17) is 21.1 Å². The molecule has 0 aliphatic heterocycles. The third-order valence-electron chi connectivity index (χ3n) is 3.86. The van der Waals surface area contributed by atoms with Crippen molar-refractivity contribution in [1.29, 1.82) is 0 Å². The molecule has 0 atom stereocenters. The van der Waals surface area contributed by atoms with Gasteiger partial charge < -0.3 is 20.1 Å². The first-order valence-corrected chi connectivity index (χ1v) is 8.64. The Kier molecular flexibility index (Phi) is 6.07. The molecule has 0 unspecified atom stereocenters. The third-order valence-corrected chi connectivity index (χ3v) is 4.06. The molecule has 0 bridgehead atoms. The maximum atomic E-state index is 12.4. The number of ether oxygens (including phenoxy) is 2. The number of benzene rings is 1. The molecule has 2 heterocycles. The minimum atomic E-state index is -0.349. The van der Waals surface area contributed by atoms with E-state index >= 15 is 0 Å². The number of methoxy groups -OCH3 is 2. The fraction of sp³-hybridized carbons (Fsp3) is 0.222. The molecule has 0 saturated carbocycles. The van der Waals surface area contributed by atoms with Crippen LogP contribution in [0.1, 0.15) is 10.4 Å². The van der Waals surface area contributed by atoms with Crippen LogP contribution in [0.3, 0.4) is 0 Å². The fourth-order valence-corrected chi connectivity index (χ4v) is 2.78. The van der Waals surface area contributed by atoms with Gasteiger partial charge in [-0.15, -0.1) is 0 Å². The van der Waals surface area contributed by atoms with Crippen LogP contribution in [0.15, 0.2) is 36.7 Å². The van der Waals surface area contributed by atoms with Gasteiger partial charge in [0, 0.05) is 25.9 Å². The van der Waals surface area contributed by atoms with Gasteiger partial charge in [0.1, 0.15) is 17.6 Å². The number of pyridine rings is 1. The van der Waals surface area contributed by atoms with Gasteiger partial charge in [0.15, 0.2) is 5.75 Å². The maximum Gasteiger partial charge on any atom is 0.256 e. The predicted molar refractivity (Wildman–Crippen MR) is 105 cm³/mol. The van der Waals surface area contributed by atoms with Gasteiger partial charge in [0.25, 0.3) is 5.91 Å². The zero-order valence-corrected chi connectivity index (χ0v) is 16.3. The standard InChI is InChI=1S/C18H19ClN6O3/c1-25-22-9-15(24-25)11-5-4-6-13(17(11)28-3)23-14-7-16(19)20-8-12(14)18(26)21-10-27-2/h4-9H,10H2,1-3H3,(H,20,23)(H,21,26). The minimum absolute atomic E-state index is 0.0758. The lowest BCUT2D eigenvalue weighted by molar-refractivity contribution is 0.0872. The highest BCUT2D eigenvalue weighted by Gasteiger charge is 2.17. The van der Waals surface area contributed by atoms with Gasteiger partial charge in [-0.2, -0.15) is 15.0 Å². The maximum absolute atomic E-state index is 12.4. The largest absolute Gasteiger partial charge is 0.494 e. The van der Waals surface area contributed by atoms with Crippen molar-refractivity contribution < 1.29 is 14.3 Å². The lowest BCUT2D eigenvalue weighted by Gasteiger charge is -2.16. The molecule has 2 N–H and O–H groups in total. The van der Waals surface area contributed by atoms with E-state index in [2.05, 4.69) is 25.8 Å². The summed E-state index contributed by atoms with van der Waals surface area (Å²) in [5, 5.41) is 14.5. The second-order valence-corrected chi connectivity index (χ2v) is 6.11. The van der Waals surface area contributed by atoms with E-state index in [1.54, 1.807) is 26.4 Å². The Morgan fingerprint density at radius 2 is 2.07 bits per heavy atom. The summed E-state index contributed by atoms with van der Waals surface area (Å²) < 4.78 is 10.5. The van der Waals surface area contributed by atoms with Crippen LogP contribution in [0.2, 0.25) is 5.15 Å². The molecule has 146 valence electrons. The molecular weight excluding hydrogens is 384 g/mol. The number of para-hydroxylation sites is 1. The topological polar surface area (TPSA) is 103 Å². The number of aryl methyl sites for hydroxylation is 1. The van der Waals surface area contributed by atoms with Gasteiger partial charge in [-0.1, -0.05) is 17.7 Å². The number of carbonyl (C=O) groups excluding carboxylic acids is 1. The molecule has 9 nitrogen and oxygen atoms in total. The van der Waals surface area contributed by atoms with Crippen molar-refractivity contribution in [3.8, 4) is 17.0 Å². The highest BCUT2D eigenvalue weighted by Crippen LogP contribution is 2.37. The summed E-state index contributed by atoms with van der Waals surface area (Å²) in [4.78, 5) is 17.9. The van der Waals surface area contributed by atoms with Crippen molar-refractivity contribution in [2.45, 2.75) is 0 Å². The molecule has 0 spiro atoms. The molecule has 3 rings (SSSR count). The molecule has 1 aromatic carbocycles. The van der Waals surface area contributed by atoms with Crippen LogP contribution < -0.4 is 15.4 Å². The Bertz CT molecular complexity index is 991. The van der Waals surface area contributed by atoms with Crippen molar-refractivity contribution in [3.63, 3.8) is 0 Å². The van der Waals surface area contributed by atoms with Crippen LogP contribution in [0, 0.1) is 0 Å². The molecular formula is C18H19ClN6O3. The summed E-state index contributed by atoms with van der Waals surface area (Å²) in [7, 11) is 4.79. The quantitative estimate of drug-likeness (QED) is 0.462.